The summed E-state index contributed by atoms with van der Waals surface area (Å²) in [6, 6.07) is 11.7. The first-order valence-corrected chi connectivity index (χ1v) is 9.34. The number of carbonyl (C=O) groups excluding carboxylic acids is 2. The molecular weight excluding hydrogens is 342 g/mol. The number of benzene rings is 1. The Bertz CT molecular complexity index is 833. The number of nitrogens with zero attached hydrogens (tertiary/aromatic N) is 1. The predicted octanol–water partition coefficient (Wildman–Crippen LogP) is 3.77. The summed E-state index contributed by atoms with van der Waals surface area (Å²) < 4.78 is 12.7. The number of aromatic nitrogens is 1. The van der Waals surface area contributed by atoms with E-state index in [1.54, 1.807) is 7.11 Å². The molecule has 1 aliphatic carbocycles. The van der Waals surface area contributed by atoms with E-state index in [1.807, 2.05) is 50.2 Å². The summed E-state index contributed by atoms with van der Waals surface area (Å²) in [5, 5.41) is 0. The Kier molecular flexibility index (Phi) is 5.51. The Labute approximate surface area is 160 Å². The van der Waals surface area contributed by atoms with Crippen molar-refractivity contribution in [3.63, 3.8) is 0 Å². The number of carbonyl (C=O) groups is 2. The van der Waals surface area contributed by atoms with Crippen molar-refractivity contribution in [3.05, 3.63) is 58.9 Å². The van der Waals surface area contributed by atoms with Crippen molar-refractivity contribution < 1.29 is 19.1 Å². The molecule has 1 aliphatic rings. The topological polar surface area (TPSA) is 57.5 Å². The second kappa shape index (κ2) is 7.69. The van der Waals surface area contributed by atoms with Gasteiger partial charge >= 0.3 is 5.97 Å². The Balaban J connectivity index is 1.68. The lowest BCUT2D eigenvalue weighted by Crippen LogP contribution is -2.26. The van der Waals surface area contributed by atoms with Crippen LogP contribution in [0.1, 0.15) is 53.1 Å². The average molecular weight is 369 g/mol. The monoisotopic (exact) mass is 369 g/mol. The molecule has 1 heterocycles. The Hall–Kier alpha value is -2.40. The Morgan fingerprint density at radius 1 is 1.19 bits per heavy atom. The quantitative estimate of drug-likeness (QED) is 0.525. The number of rotatable bonds is 8. The predicted molar refractivity (Wildman–Crippen MR) is 103 cm³/mol. The van der Waals surface area contributed by atoms with Gasteiger partial charge in [0.05, 0.1) is 18.1 Å². The van der Waals surface area contributed by atoms with Crippen LogP contribution in [0.3, 0.4) is 0 Å². The molecular formula is C22H27NO4. The summed E-state index contributed by atoms with van der Waals surface area (Å²) in [5.74, 6) is -0.472. The molecule has 0 radical (unpaired) electrons. The maximum Gasteiger partial charge on any atom is 0.317 e. The molecule has 5 heteroatoms. The van der Waals surface area contributed by atoms with Crippen LogP contribution in [0.2, 0.25) is 0 Å². The van der Waals surface area contributed by atoms with Crippen LogP contribution in [0.4, 0.5) is 0 Å². The van der Waals surface area contributed by atoms with Gasteiger partial charge in [0, 0.05) is 24.1 Å². The Morgan fingerprint density at radius 3 is 2.44 bits per heavy atom. The highest BCUT2D eigenvalue weighted by atomic mass is 16.5. The molecule has 1 atom stereocenters. The fourth-order valence-electron chi connectivity index (χ4n) is 3.89. The minimum Gasteiger partial charge on any atom is -0.457 e. The maximum absolute atomic E-state index is 12.7. The van der Waals surface area contributed by atoms with E-state index < -0.39 is 5.41 Å². The lowest BCUT2D eigenvalue weighted by molar-refractivity contribution is -0.145. The van der Waals surface area contributed by atoms with Crippen LogP contribution in [0, 0.1) is 13.8 Å². The number of esters is 1. The number of ether oxygens (including phenoxy) is 2. The van der Waals surface area contributed by atoms with E-state index in [-0.39, 0.29) is 24.4 Å². The van der Waals surface area contributed by atoms with Gasteiger partial charge in [-0.05, 0) is 45.2 Å². The normalized spacial score (nSPS) is 16.0. The van der Waals surface area contributed by atoms with Gasteiger partial charge in [-0.3, -0.25) is 9.59 Å². The number of Topliss-reactive ketones (excluding diaryl/α,β-unsaturated/α-hetero) is 1. The molecule has 0 bridgehead atoms. The highest BCUT2D eigenvalue weighted by molar-refractivity contribution is 6.00. The summed E-state index contributed by atoms with van der Waals surface area (Å²) in [4.78, 5) is 25.3. The van der Waals surface area contributed by atoms with Crippen LogP contribution in [0.5, 0.6) is 0 Å². The SMILES string of the molecule is COC[C@H](C)n1c(C)cc(C(=O)COC(=O)C2(c3ccccc3)CC2)c1C. The van der Waals surface area contributed by atoms with Crippen molar-refractivity contribution in [2.75, 3.05) is 20.3 Å². The molecule has 5 nitrogen and oxygen atoms in total. The number of methoxy groups -OCH3 is 1. The van der Waals surface area contributed by atoms with E-state index in [2.05, 4.69) is 11.5 Å². The fourth-order valence-corrected chi connectivity index (χ4v) is 3.89. The van der Waals surface area contributed by atoms with Crippen LogP contribution in [0.15, 0.2) is 36.4 Å². The number of hydrogen-bond acceptors (Lipinski definition) is 4. The summed E-state index contributed by atoms with van der Waals surface area (Å²) in [7, 11) is 1.66. The number of ketones is 1. The van der Waals surface area contributed by atoms with Crippen LogP contribution in [-0.2, 0) is 19.7 Å². The molecule has 0 amide bonds. The standard InChI is InChI=1S/C22H27NO4/c1-15-12-19(17(3)23(15)16(2)13-26-4)20(24)14-27-21(25)22(10-11-22)18-8-6-5-7-9-18/h5-9,12,16H,10-11,13-14H2,1-4H3/t16-/m0/s1. The molecule has 0 aliphatic heterocycles. The van der Waals surface area contributed by atoms with Gasteiger partial charge in [-0.25, -0.2) is 0 Å². The lowest BCUT2D eigenvalue weighted by Gasteiger charge is -2.18. The van der Waals surface area contributed by atoms with Gasteiger partial charge in [0.1, 0.15) is 0 Å². The summed E-state index contributed by atoms with van der Waals surface area (Å²) >= 11 is 0. The van der Waals surface area contributed by atoms with Crippen LogP contribution < -0.4 is 0 Å². The number of aryl methyl sites for hydroxylation is 1. The fraction of sp³-hybridized carbons (Fsp3) is 0.455. The largest absolute Gasteiger partial charge is 0.457 e. The van der Waals surface area contributed by atoms with E-state index in [0.717, 1.165) is 29.8 Å². The minimum atomic E-state index is -0.564. The molecule has 0 N–H and O–H groups in total. The van der Waals surface area contributed by atoms with Gasteiger partial charge in [0.25, 0.3) is 0 Å². The summed E-state index contributed by atoms with van der Waals surface area (Å²) in [6.45, 7) is 6.28. The van der Waals surface area contributed by atoms with Crippen molar-refractivity contribution >= 4 is 11.8 Å². The lowest BCUT2D eigenvalue weighted by atomic mass is 9.96. The molecule has 0 unspecified atom stereocenters. The van der Waals surface area contributed by atoms with E-state index in [4.69, 9.17) is 9.47 Å². The third-order valence-corrected chi connectivity index (χ3v) is 5.43. The van der Waals surface area contributed by atoms with Crippen LogP contribution >= 0.6 is 0 Å². The van der Waals surface area contributed by atoms with Gasteiger partial charge in [0.2, 0.25) is 5.78 Å². The zero-order valence-corrected chi connectivity index (χ0v) is 16.5. The van der Waals surface area contributed by atoms with E-state index >= 15 is 0 Å². The third kappa shape index (κ3) is 3.69. The highest BCUT2D eigenvalue weighted by Crippen LogP contribution is 2.49. The first-order valence-electron chi connectivity index (χ1n) is 9.34. The number of hydrogen-bond donors (Lipinski definition) is 0. The Morgan fingerprint density at radius 2 is 1.85 bits per heavy atom. The van der Waals surface area contributed by atoms with Gasteiger partial charge < -0.3 is 14.0 Å². The molecule has 144 valence electrons. The van der Waals surface area contributed by atoms with E-state index in [9.17, 15) is 9.59 Å². The van der Waals surface area contributed by atoms with Crippen molar-refractivity contribution in [1.82, 2.24) is 4.57 Å². The van der Waals surface area contributed by atoms with Crippen molar-refractivity contribution in [2.45, 2.75) is 45.1 Å². The van der Waals surface area contributed by atoms with Gasteiger partial charge in [0.15, 0.2) is 6.61 Å². The van der Waals surface area contributed by atoms with Crippen LogP contribution in [0.25, 0.3) is 0 Å². The molecule has 1 aromatic carbocycles. The molecule has 1 fully saturated rings. The van der Waals surface area contributed by atoms with Gasteiger partial charge in [-0.15, -0.1) is 0 Å². The van der Waals surface area contributed by atoms with Crippen molar-refractivity contribution in [1.29, 1.82) is 0 Å². The average Bonchev–Trinajstić information content (AvgIpc) is 3.41. The zero-order valence-electron chi connectivity index (χ0n) is 16.5. The summed E-state index contributed by atoms with van der Waals surface area (Å²) in [6.07, 6.45) is 1.54. The smallest absolute Gasteiger partial charge is 0.317 e. The first-order chi connectivity index (χ1) is 12.9. The molecule has 1 aromatic heterocycles. The molecule has 0 saturated heterocycles. The zero-order chi connectivity index (χ0) is 19.6. The molecule has 27 heavy (non-hydrogen) atoms. The van der Waals surface area contributed by atoms with Crippen molar-refractivity contribution in [3.8, 4) is 0 Å². The van der Waals surface area contributed by atoms with E-state index in [0.29, 0.717) is 12.2 Å². The van der Waals surface area contributed by atoms with Crippen LogP contribution in [-0.4, -0.2) is 36.6 Å². The maximum atomic E-state index is 12.7. The second-order valence-corrected chi connectivity index (χ2v) is 7.41. The minimum absolute atomic E-state index is 0.131. The van der Waals surface area contributed by atoms with Gasteiger partial charge in [-0.2, -0.15) is 0 Å². The third-order valence-electron chi connectivity index (χ3n) is 5.43. The van der Waals surface area contributed by atoms with Gasteiger partial charge in [-0.1, -0.05) is 30.3 Å². The summed E-state index contributed by atoms with van der Waals surface area (Å²) in [5.41, 5.74) is 2.88. The van der Waals surface area contributed by atoms with E-state index in [1.165, 1.54) is 0 Å². The molecule has 2 aromatic rings. The second-order valence-electron chi connectivity index (χ2n) is 7.41. The first kappa shape index (κ1) is 19.4. The highest BCUT2D eigenvalue weighted by Gasteiger charge is 2.52. The molecule has 0 spiro atoms. The van der Waals surface area contributed by atoms with Crippen molar-refractivity contribution in [2.24, 2.45) is 0 Å². The molecule has 1 saturated carbocycles. The molecule has 3 rings (SSSR count).